The Kier molecular flexibility index (Phi) is 1.86. The van der Waals surface area contributed by atoms with Crippen molar-refractivity contribution in [1.82, 2.24) is 0 Å². The van der Waals surface area contributed by atoms with E-state index in [2.05, 4.69) is 31.2 Å². The summed E-state index contributed by atoms with van der Waals surface area (Å²) in [6.07, 6.45) is 1.88. The molecule has 0 fully saturated rings. The first-order chi connectivity index (χ1) is 5.88. The summed E-state index contributed by atoms with van der Waals surface area (Å²) < 4.78 is 5.26. The largest absolute Gasteiger partial charge is 0.500 e. The van der Waals surface area contributed by atoms with Gasteiger partial charge in [0.1, 0.15) is 0 Å². The Labute approximate surface area is 72.7 Å². The van der Waals surface area contributed by atoms with Gasteiger partial charge >= 0.3 is 0 Å². The van der Waals surface area contributed by atoms with Crippen LogP contribution in [0.2, 0.25) is 0 Å². The van der Waals surface area contributed by atoms with Gasteiger partial charge in [-0.3, -0.25) is 0 Å². The minimum absolute atomic E-state index is 0.535. The van der Waals surface area contributed by atoms with E-state index in [0.717, 1.165) is 6.61 Å². The van der Waals surface area contributed by atoms with Crippen LogP contribution >= 0.6 is 0 Å². The maximum atomic E-state index is 5.26. The predicted octanol–water partition coefficient (Wildman–Crippen LogP) is 2.69. The molecule has 0 radical (unpaired) electrons. The molecule has 0 spiro atoms. The summed E-state index contributed by atoms with van der Waals surface area (Å²) in [4.78, 5) is 0. The van der Waals surface area contributed by atoms with E-state index < -0.39 is 0 Å². The lowest BCUT2D eigenvalue weighted by atomic mass is 9.97. The van der Waals surface area contributed by atoms with Gasteiger partial charge in [0.2, 0.25) is 0 Å². The number of rotatable bonds is 1. The van der Waals surface area contributed by atoms with Crippen LogP contribution in [0.4, 0.5) is 0 Å². The molecule has 1 aromatic rings. The van der Waals surface area contributed by atoms with Gasteiger partial charge in [-0.25, -0.2) is 0 Å². The second-order valence-electron chi connectivity index (χ2n) is 3.17. The topological polar surface area (TPSA) is 9.23 Å². The van der Waals surface area contributed by atoms with E-state index in [9.17, 15) is 0 Å². The SMILES string of the molecule is C[C@@H]1COC=C1c1ccccc1. The maximum Gasteiger partial charge on any atom is 0.0940 e. The van der Waals surface area contributed by atoms with E-state index >= 15 is 0 Å². The van der Waals surface area contributed by atoms with Crippen molar-refractivity contribution in [1.29, 1.82) is 0 Å². The Morgan fingerprint density at radius 3 is 2.58 bits per heavy atom. The molecule has 1 aromatic carbocycles. The van der Waals surface area contributed by atoms with Gasteiger partial charge in [0.15, 0.2) is 0 Å². The van der Waals surface area contributed by atoms with Crippen molar-refractivity contribution in [3.63, 3.8) is 0 Å². The zero-order chi connectivity index (χ0) is 8.39. The third-order valence-corrected chi connectivity index (χ3v) is 2.19. The van der Waals surface area contributed by atoms with Crippen molar-refractivity contribution in [3.05, 3.63) is 42.2 Å². The smallest absolute Gasteiger partial charge is 0.0940 e. The first-order valence-electron chi connectivity index (χ1n) is 4.25. The zero-order valence-electron chi connectivity index (χ0n) is 7.16. The summed E-state index contributed by atoms with van der Waals surface area (Å²) in [5, 5.41) is 0. The van der Waals surface area contributed by atoms with Gasteiger partial charge in [0.05, 0.1) is 12.9 Å². The van der Waals surface area contributed by atoms with Crippen molar-refractivity contribution in [3.8, 4) is 0 Å². The van der Waals surface area contributed by atoms with Crippen LogP contribution in [0.5, 0.6) is 0 Å². The molecule has 1 heteroatoms. The van der Waals surface area contributed by atoms with Crippen molar-refractivity contribution in [2.75, 3.05) is 6.61 Å². The molecule has 1 nitrogen and oxygen atoms in total. The second-order valence-corrected chi connectivity index (χ2v) is 3.17. The number of hydrogen-bond acceptors (Lipinski definition) is 1. The summed E-state index contributed by atoms with van der Waals surface area (Å²) in [6.45, 7) is 3.01. The van der Waals surface area contributed by atoms with Crippen LogP contribution in [0.1, 0.15) is 12.5 Å². The van der Waals surface area contributed by atoms with Gasteiger partial charge in [0, 0.05) is 11.5 Å². The highest BCUT2D eigenvalue weighted by Gasteiger charge is 2.16. The van der Waals surface area contributed by atoms with Crippen LogP contribution < -0.4 is 0 Å². The quantitative estimate of drug-likeness (QED) is 0.613. The fourth-order valence-electron chi connectivity index (χ4n) is 1.47. The average Bonchev–Trinajstić information content (AvgIpc) is 2.53. The van der Waals surface area contributed by atoms with E-state index in [1.54, 1.807) is 0 Å². The van der Waals surface area contributed by atoms with Crippen molar-refractivity contribution in [2.45, 2.75) is 6.92 Å². The number of hydrogen-bond donors (Lipinski definition) is 0. The highest BCUT2D eigenvalue weighted by atomic mass is 16.5. The third kappa shape index (κ3) is 1.22. The van der Waals surface area contributed by atoms with Gasteiger partial charge < -0.3 is 4.74 Å². The summed E-state index contributed by atoms with van der Waals surface area (Å²) in [6, 6.07) is 10.4. The summed E-state index contributed by atoms with van der Waals surface area (Å²) in [5.41, 5.74) is 2.60. The fraction of sp³-hybridized carbons (Fsp3) is 0.273. The molecule has 2 rings (SSSR count). The van der Waals surface area contributed by atoms with Crippen LogP contribution in [0.25, 0.3) is 5.57 Å². The van der Waals surface area contributed by atoms with Gasteiger partial charge in [-0.1, -0.05) is 37.3 Å². The minimum atomic E-state index is 0.535. The van der Waals surface area contributed by atoms with E-state index in [-0.39, 0.29) is 0 Å². The van der Waals surface area contributed by atoms with Crippen LogP contribution in [-0.4, -0.2) is 6.61 Å². The molecule has 0 saturated carbocycles. The Bertz CT molecular complexity index is 287. The van der Waals surface area contributed by atoms with Gasteiger partial charge in [-0.15, -0.1) is 0 Å². The molecule has 1 aliphatic heterocycles. The van der Waals surface area contributed by atoms with E-state index in [4.69, 9.17) is 4.74 Å². The summed E-state index contributed by atoms with van der Waals surface area (Å²) in [5.74, 6) is 0.535. The summed E-state index contributed by atoms with van der Waals surface area (Å²) in [7, 11) is 0. The van der Waals surface area contributed by atoms with E-state index in [1.807, 2.05) is 12.3 Å². The molecular formula is C11H12O. The van der Waals surface area contributed by atoms with E-state index in [1.165, 1.54) is 11.1 Å². The van der Waals surface area contributed by atoms with Crippen molar-refractivity contribution >= 4 is 5.57 Å². The Morgan fingerprint density at radius 1 is 1.25 bits per heavy atom. The molecule has 1 atom stereocenters. The lowest BCUT2D eigenvalue weighted by Gasteiger charge is -2.05. The molecular weight excluding hydrogens is 148 g/mol. The van der Waals surface area contributed by atoms with Crippen LogP contribution in [0.15, 0.2) is 36.6 Å². The lowest BCUT2D eigenvalue weighted by molar-refractivity contribution is 0.255. The minimum Gasteiger partial charge on any atom is -0.500 e. The third-order valence-electron chi connectivity index (χ3n) is 2.19. The lowest BCUT2D eigenvalue weighted by Crippen LogP contribution is -1.97. The monoisotopic (exact) mass is 160 g/mol. The summed E-state index contributed by atoms with van der Waals surface area (Å²) >= 11 is 0. The molecule has 1 aliphatic rings. The molecule has 0 aromatic heterocycles. The van der Waals surface area contributed by atoms with E-state index in [0.29, 0.717) is 5.92 Å². The number of benzene rings is 1. The van der Waals surface area contributed by atoms with Crippen LogP contribution in [0, 0.1) is 5.92 Å². The Hall–Kier alpha value is -1.24. The molecule has 0 bridgehead atoms. The first kappa shape index (κ1) is 7.41. The fourth-order valence-corrected chi connectivity index (χ4v) is 1.47. The standard InChI is InChI=1S/C11H12O/c1-9-7-12-8-11(9)10-5-3-2-4-6-10/h2-6,8-9H,7H2,1H3/t9-/m1/s1. The molecule has 1 heterocycles. The van der Waals surface area contributed by atoms with Crippen molar-refractivity contribution in [2.24, 2.45) is 5.92 Å². The highest BCUT2D eigenvalue weighted by molar-refractivity contribution is 5.67. The van der Waals surface area contributed by atoms with Gasteiger partial charge in [-0.2, -0.15) is 0 Å². The Morgan fingerprint density at radius 2 is 2.00 bits per heavy atom. The predicted molar refractivity (Wildman–Crippen MR) is 49.5 cm³/mol. The second kappa shape index (κ2) is 3.02. The average molecular weight is 160 g/mol. The van der Waals surface area contributed by atoms with Crippen LogP contribution in [0.3, 0.4) is 0 Å². The first-order valence-corrected chi connectivity index (χ1v) is 4.25. The molecule has 0 unspecified atom stereocenters. The molecule has 0 amide bonds. The normalized spacial score (nSPS) is 21.8. The molecule has 0 aliphatic carbocycles. The van der Waals surface area contributed by atoms with Crippen molar-refractivity contribution < 1.29 is 4.74 Å². The molecule has 0 N–H and O–H groups in total. The molecule has 0 saturated heterocycles. The van der Waals surface area contributed by atoms with Gasteiger partial charge in [0.25, 0.3) is 0 Å². The highest BCUT2D eigenvalue weighted by Crippen LogP contribution is 2.27. The maximum absolute atomic E-state index is 5.26. The number of ether oxygens (including phenoxy) is 1. The Balaban J connectivity index is 2.31. The van der Waals surface area contributed by atoms with Crippen LogP contribution in [-0.2, 0) is 4.74 Å². The zero-order valence-corrected chi connectivity index (χ0v) is 7.16. The van der Waals surface area contributed by atoms with Gasteiger partial charge in [-0.05, 0) is 5.56 Å². The molecule has 12 heavy (non-hydrogen) atoms. The molecule has 62 valence electrons.